The summed E-state index contributed by atoms with van der Waals surface area (Å²) in [5, 5.41) is 15.7. The zero-order valence-electron chi connectivity index (χ0n) is 15.5. The Kier molecular flexibility index (Phi) is 4.85. The Morgan fingerprint density at radius 2 is 1.97 bits per heavy atom. The van der Waals surface area contributed by atoms with Gasteiger partial charge in [0, 0.05) is 33.8 Å². The summed E-state index contributed by atoms with van der Waals surface area (Å²) in [6.45, 7) is 1.84. The quantitative estimate of drug-likeness (QED) is 0.521. The van der Waals surface area contributed by atoms with Crippen LogP contribution in [0.4, 0.5) is 11.4 Å². The number of rotatable bonds is 3. The first kappa shape index (κ1) is 18.8. The van der Waals surface area contributed by atoms with E-state index >= 15 is 0 Å². The molecule has 1 N–H and O–H groups in total. The zero-order valence-corrected chi connectivity index (χ0v) is 16.3. The molecule has 1 aliphatic rings. The normalized spacial score (nSPS) is 16.0. The summed E-state index contributed by atoms with van der Waals surface area (Å²) < 4.78 is 0. The molecule has 4 rings (SSSR count). The summed E-state index contributed by atoms with van der Waals surface area (Å²) in [5.74, 6) is -0.646. The molecule has 0 fully saturated rings. The number of benzene rings is 2. The largest absolute Gasteiger partial charge is 0.324 e. The predicted octanol–water partition coefficient (Wildman–Crippen LogP) is 4.15. The number of hydrogen-bond acceptors (Lipinski definition) is 5. The van der Waals surface area contributed by atoms with Crippen molar-refractivity contribution in [1.29, 1.82) is 0 Å². The average molecular weight is 407 g/mol. The van der Waals surface area contributed by atoms with Gasteiger partial charge >= 0.3 is 0 Å². The van der Waals surface area contributed by atoms with E-state index in [1.165, 1.54) is 40.5 Å². The summed E-state index contributed by atoms with van der Waals surface area (Å²) in [4.78, 5) is 38.8. The van der Waals surface area contributed by atoms with E-state index < -0.39 is 11.0 Å². The standard InChI is InChI=1S/C21H17N3O4S/c1-13-4-9-17-16(11-13)20(18-3-2-10-29-18)23(12-19(25)22-17)21(26)14-5-7-15(8-6-14)24(27)28/h2-11,20H,12H2,1H3,(H,22,25). The van der Waals surface area contributed by atoms with E-state index in [1.807, 2.05) is 42.6 Å². The van der Waals surface area contributed by atoms with Gasteiger partial charge in [0.25, 0.3) is 11.6 Å². The SMILES string of the molecule is Cc1ccc2c(c1)C(c1cccs1)N(C(=O)c1ccc([N+](=O)[O-])cc1)CC(=O)N2. The third-order valence-electron chi connectivity index (χ3n) is 4.80. The number of nitrogens with zero attached hydrogens (tertiary/aromatic N) is 2. The first-order valence-electron chi connectivity index (χ1n) is 8.93. The lowest BCUT2D eigenvalue weighted by atomic mass is 9.99. The number of fused-ring (bicyclic) bond motifs is 1. The predicted molar refractivity (Wildman–Crippen MR) is 110 cm³/mol. The van der Waals surface area contributed by atoms with Gasteiger partial charge in [0.15, 0.2) is 0 Å². The second-order valence-corrected chi connectivity index (χ2v) is 7.77. The van der Waals surface area contributed by atoms with Crippen LogP contribution in [0, 0.1) is 17.0 Å². The van der Waals surface area contributed by atoms with Crippen molar-refractivity contribution < 1.29 is 14.5 Å². The highest BCUT2D eigenvalue weighted by Gasteiger charge is 2.34. The van der Waals surface area contributed by atoms with Crippen molar-refractivity contribution >= 4 is 34.5 Å². The average Bonchev–Trinajstić information content (AvgIpc) is 3.18. The smallest absolute Gasteiger partial charge is 0.269 e. The van der Waals surface area contributed by atoms with Crippen molar-refractivity contribution in [2.45, 2.75) is 13.0 Å². The van der Waals surface area contributed by atoms with Crippen LogP contribution >= 0.6 is 11.3 Å². The third kappa shape index (κ3) is 3.62. The molecule has 0 bridgehead atoms. The number of thiophene rings is 1. The minimum atomic E-state index is -0.513. The number of hydrogen-bond donors (Lipinski definition) is 1. The monoisotopic (exact) mass is 407 g/mol. The van der Waals surface area contributed by atoms with Crippen LogP contribution in [0.5, 0.6) is 0 Å². The summed E-state index contributed by atoms with van der Waals surface area (Å²) >= 11 is 1.51. The minimum Gasteiger partial charge on any atom is -0.324 e. The second-order valence-electron chi connectivity index (χ2n) is 6.79. The molecule has 8 heteroatoms. The molecule has 29 heavy (non-hydrogen) atoms. The number of carbonyl (C=O) groups excluding carboxylic acids is 2. The minimum absolute atomic E-state index is 0.0917. The fourth-order valence-corrected chi connectivity index (χ4v) is 4.31. The van der Waals surface area contributed by atoms with Gasteiger partial charge in [-0.1, -0.05) is 23.8 Å². The summed E-state index contributed by atoms with van der Waals surface area (Å²) in [5.41, 5.74) is 2.74. The van der Waals surface area contributed by atoms with Gasteiger partial charge in [-0.2, -0.15) is 0 Å². The number of nitro benzene ring substituents is 1. The third-order valence-corrected chi connectivity index (χ3v) is 5.72. The van der Waals surface area contributed by atoms with E-state index in [2.05, 4.69) is 5.32 Å². The Balaban J connectivity index is 1.82. The molecule has 2 amide bonds. The van der Waals surface area contributed by atoms with E-state index in [0.717, 1.165) is 16.0 Å². The van der Waals surface area contributed by atoms with Crippen molar-refractivity contribution in [3.8, 4) is 0 Å². The maximum absolute atomic E-state index is 13.4. The second kappa shape index (κ2) is 7.48. The van der Waals surface area contributed by atoms with Gasteiger partial charge in [0.1, 0.15) is 6.54 Å². The molecule has 146 valence electrons. The Hall–Kier alpha value is -3.52. The molecule has 2 aromatic carbocycles. The van der Waals surface area contributed by atoms with Crippen LogP contribution in [0.3, 0.4) is 0 Å². The lowest BCUT2D eigenvalue weighted by Gasteiger charge is -2.29. The molecule has 0 aliphatic carbocycles. The molecule has 3 aromatic rings. The first-order chi connectivity index (χ1) is 13.9. The number of amides is 2. The van der Waals surface area contributed by atoms with Crippen molar-refractivity contribution in [1.82, 2.24) is 4.90 Å². The molecule has 0 spiro atoms. The van der Waals surface area contributed by atoms with Crippen LogP contribution in [0.2, 0.25) is 0 Å². The Morgan fingerprint density at radius 1 is 1.21 bits per heavy atom. The van der Waals surface area contributed by atoms with Crippen LogP contribution in [0.15, 0.2) is 60.0 Å². The van der Waals surface area contributed by atoms with E-state index in [-0.39, 0.29) is 24.0 Å². The molecule has 0 saturated heterocycles. The van der Waals surface area contributed by atoms with Gasteiger partial charge in [-0.15, -0.1) is 11.3 Å². The van der Waals surface area contributed by atoms with E-state index in [4.69, 9.17) is 0 Å². The molecule has 0 saturated carbocycles. The lowest BCUT2D eigenvalue weighted by Crippen LogP contribution is -2.38. The fraction of sp³-hybridized carbons (Fsp3) is 0.143. The lowest BCUT2D eigenvalue weighted by molar-refractivity contribution is -0.384. The van der Waals surface area contributed by atoms with Crippen LogP contribution in [-0.4, -0.2) is 28.2 Å². The molecule has 1 atom stereocenters. The maximum atomic E-state index is 13.4. The van der Waals surface area contributed by atoms with E-state index in [1.54, 1.807) is 0 Å². The van der Waals surface area contributed by atoms with Gasteiger partial charge in [-0.3, -0.25) is 19.7 Å². The van der Waals surface area contributed by atoms with Gasteiger partial charge in [-0.25, -0.2) is 0 Å². The van der Waals surface area contributed by atoms with Gasteiger partial charge in [0.2, 0.25) is 5.91 Å². The summed E-state index contributed by atoms with van der Waals surface area (Å²) in [7, 11) is 0. The Bertz CT molecular complexity index is 1090. The van der Waals surface area contributed by atoms with Gasteiger partial charge in [0.05, 0.1) is 11.0 Å². The first-order valence-corrected chi connectivity index (χ1v) is 9.81. The highest BCUT2D eigenvalue weighted by atomic mass is 32.1. The van der Waals surface area contributed by atoms with Gasteiger partial charge < -0.3 is 10.2 Å². The maximum Gasteiger partial charge on any atom is 0.269 e. The van der Waals surface area contributed by atoms with Crippen LogP contribution in [-0.2, 0) is 4.79 Å². The highest BCUT2D eigenvalue weighted by molar-refractivity contribution is 7.10. The van der Waals surface area contributed by atoms with E-state index in [9.17, 15) is 19.7 Å². The number of anilines is 1. The van der Waals surface area contributed by atoms with Gasteiger partial charge in [-0.05, 0) is 36.6 Å². The number of nitro groups is 1. The molecule has 0 radical (unpaired) electrons. The van der Waals surface area contributed by atoms with Crippen molar-refractivity contribution in [2.75, 3.05) is 11.9 Å². The highest BCUT2D eigenvalue weighted by Crippen LogP contribution is 2.39. The topological polar surface area (TPSA) is 92.6 Å². The van der Waals surface area contributed by atoms with Crippen LogP contribution in [0.25, 0.3) is 0 Å². The Morgan fingerprint density at radius 3 is 2.62 bits per heavy atom. The Labute approximate surface area is 170 Å². The van der Waals surface area contributed by atoms with Crippen LogP contribution in [0.1, 0.15) is 32.4 Å². The molecule has 1 aromatic heterocycles. The summed E-state index contributed by atoms with van der Waals surface area (Å²) in [6.07, 6.45) is 0. The molecule has 7 nitrogen and oxygen atoms in total. The molecule has 2 heterocycles. The van der Waals surface area contributed by atoms with E-state index in [0.29, 0.717) is 11.3 Å². The fourth-order valence-electron chi connectivity index (χ4n) is 3.46. The molecule has 1 aliphatic heterocycles. The molecular formula is C21H17N3O4S. The molecular weight excluding hydrogens is 390 g/mol. The number of non-ortho nitro benzene ring substituents is 1. The number of nitrogens with one attached hydrogen (secondary N) is 1. The van der Waals surface area contributed by atoms with Crippen molar-refractivity contribution in [2.24, 2.45) is 0 Å². The number of carbonyl (C=O) groups is 2. The van der Waals surface area contributed by atoms with Crippen molar-refractivity contribution in [3.05, 3.63) is 91.7 Å². The van der Waals surface area contributed by atoms with Crippen LogP contribution < -0.4 is 5.32 Å². The zero-order chi connectivity index (χ0) is 20.5. The number of aryl methyl sites for hydroxylation is 1. The summed E-state index contributed by atoms with van der Waals surface area (Å²) in [6, 6.07) is 14.6. The van der Waals surface area contributed by atoms with Crippen molar-refractivity contribution in [3.63, 3.8) is 0 Å². The molecule has 1 unspecified atom stereocenters.